The lowest BCUT2D eigenvalue weighted by atomic mass is 10.0. The number of nitrogens with zero attached hydrogens (tertiary/aromatic N) is 2. The molecule has 0 aliphatic rings. The van der Waals surface area contributed by atoms with Crippen molar-refractivity contribution in [3.05, 3.63) is 100 Å². The number of sulfonamides is 1. The Hall–Kier alpha value is -3.36. The van der Waals surface area contributed by atoms with Crippen molar-refractivity contribution in [1.82, 2.24) is 10.2 Å². The van der Waals surface area contributed by atoms with E-state index in [2.05, 4.69) is 5.32 Å². The van der Waals surface area contributed by atoms with Crippen molar-refractivity contribution in [2.75, 3.05) is 23.7 Å². The van der Waals surface area contributed by atoms with Crippen LogP contribution >= 0.6 is 11.6 Å². The van der Waals surface area contributed by atoms with E-state index in [0.717, 1.165) is 32.8 Å². The Bertz CT molecular complexity index is 1380. The fourth-order valence-corrected chi connectivity index (χ4v) is 5.23. The molecule has 0 bridgehead atoms. The molecule has 202 valence electrons. The van der Waals surface area contributed by atoms with Gasteiger partial charge in [-0.2, -0.15) is 0 Å². The molecule has 3 rings (SSSR count). The second kappa shape index (κ2) is 12.9. The van der Waals surface area contributed by atoms with Gasteiger partial charge in [-0.3, -0.25) is 13.9 Å². The minimum absolute atomic E-state index is 0.0819. The molecule has 1 N–H and O–H groups in total. The van der Waals surface area contributed by atoms with Gasteiger partial charge in [0, 0.05) is 24.5 Å². The molecule has 0 unspecified atom stereocenters. The average Bonchev–Trinajstić information content (AvgIpc) is 2.86. The summed E-state index contributed by atoms with van der Waals surface area (Å²) in [6.07, 6.45) is 1.34. The monoisotopic (exact) mass is 555 g/mol. The van der Waals surface area contributed by atoms with Crippen molar-refractivity contribution < 1.29 is 18.0 Å². The van der Waals surface area contributed by atoms with Gasteiger partial charge in [-0.15, -0.1) is 0 Å². The molecular weight excluding hydrogens is 522 g/mol. The van der Waals surface area contributed by atoms with Gasteiger partial charge in [0.1, 0.15) is 12.6 Å². The topological polar surface area (TPSA) is 86.8 Å². The summed E-state index contributed by atoms with van der Waals surface area (Å²) in [6, 6.07) is 20.9. The highest BCUT2D eigenvalue weighted by Crippen LogP contribution is 2.23. The van der Waals surface area contributed by atoms with E-state index >= 15 is 0 Å². The molecule has 0 saturated heterocycles. The zero-order valence-corrected chi connectivity index (χ0v) is 23.7. The first kappa shape index (κ1) is 29.2. The van der Waals surface area contributed by atoms with Crippen LogP contribution < -0.4 is 9.62 Å². The third kappa shape index (κ3) is 7.82. The molecule has 0 heterocycles. The Labute approximate surface area is 230 Å². The lowest BCUT2D eigenvalue weighted by Crippen LogP contribution is -2.53. The smallest absolute Gasteiger partial charge is 0.244 e. The van der Waals surface area contributed by atoms with Crippen molar-refractivity contribution in [3.8, 4) is 0 Å². The number of benzene rings is 3. The molecule has 0 aliphatic carbocycles. The lowest BCUT2D eigenvalue weighted by Gasteiger charge is -2.33. The maximum Gasteiger partial charge on any atom is 0.244 e. The van der Waals surface area contributed by atoms with E-state index < -0.39 is 28.5 Å². The summed E-state index contributed by atoms with van der Waals surface area (Å²) in [5, 5.41) is 3.34. The summed E-state index contributed by atoms with van der Waals surface area (Å²) in [6.45, 7) is 5.65. The van der Waals surface area contributed by atoms with E-state index in [0.29, 0.717) is 17.3 Å². The van der Waals surface area contributed by atoms with Crippen LogP contribution in [0.2, 0.25) is 5.02 Å². The van der Waals surface area contributed by atoms with Gasteiger partial charge in [-0.25, -0.2) is 8.42 Å². The van der Waals surface area contributed by atoms with Crippen LogP contribution in [0.4, 0.5) is 5.69 Å². The van der Waals surface area contributed by atoms with Gasteiger partial charge in [0.05, 0.1) is 11.9 Å². The van der Waals surface area contributed by atoms with Crippen LogP contribution in [-0.2, 0) is 32.6 Å². The number of hydrogen-bond acceptors (Lipinski definition) is 4. The van der Waals surface area contributed by atoms with E-state index in [1.807, 2.05) is 63.2 Å². The van der Waals surface area contributed by atoms with Gasteiger partial charge < -0.3 is 10.2 Å². The Morgan fingerprint density at radius 1 is 0.921 bits per heavy atom. The SMILES string of the molecule is CCNC(=O)[C@@H](Cc1ccccc1)N(Cc1cccc(Cl)c1)C(=O)CN(c1ccc(C)c(C)c1)S(C)(=O)=O. The van der Waals surface area contributed by atoms with Crippen LogP contribution in [0.1, 0.15) is 29.2 Å². The third-order valence-electron chi connectivity index (χ3n) is 6.32. The number of aryl methyl sites for hydroxylation is 2. The van der Waals surface area contributed by atoms with E-state index in [-0.39, 0.29) is 18.9 Å². The van der Waals surface area contributed by atoms with Crippen molar-refractivity contribution in [3.63, 3.8) is 0 Å². The minimum Gasteiger partial charge on any atom is -0.355 e. The molecular formula is C29H34ClN3O4S. The molecule has 9 heteroatoms. The average molecular weight is 556 g/mol. The number of halogens is 1. The second-order valence-electron chi connectivity index (χ2n) is 9.29. The largest absolute Gasteiger partial charge is 0.355 e. The number of nitrogens with one attached hydrogen (secondary N) is 1. The Morgan fingerprint density at radius 3 is 2.21 bits per heavy atom. The van der Waals surface area contributed by atoms with Gasteiger partial charge in [-0.05, 0) is 67.3 Å². The Kier molecular flexibility index (Phi) is 9.94. The zero-order chi connectivity index (χ0) is 27.9. The first-order chi connectivity index (χ1) is 18.0. The first-order valence-electron chi connectivity index (χ1n) is 12.4. The molecule has 1 atom stereocenters. The summed E-state index contributed by atoms with van der Waals surface area (Å²) < 4.78 is 26.8. The van der Waals surface area contributed by atoms with Crippen LogP contribution in [-0.4, -0.2) is 50.5 Å². The molecule has 38 heavy (non-hydrogen) atoms. The number of hydrogen-bond donors (Lipinski definition) is 1. The Morgan fingerprint density at radius 2 is 1.61 bits per heavy atom. The Balaban J connectivity index is 2.05. The van der Waals surface area contributed by atoms with Crippen molar-refractivity contribution in [2.45, 2.75) is 39.8 Å². The van der Waals surface area contributed by atoms with E-state index in [1.165, 1.54) is 4.90 Å². The van der Waals surface area contributed by atoms with Gasteiger partial charge in [0.15, 0.2) is 0 Å². The van der Waals surface area contributed by atoms with E-state index in [9.17, 15) is 18.0 Å². The van der Waals surface area contributed by atoms with Gasteiger partial charge >= 0.3 is 0 Å². The highest BCUT2D eigenvalue weighted by atomic mass is 35.5. The summed E-state index contributed by atoms with van der Waals surface area (Å²) in [5.41, 5.74) is 3.91. The number of rotatable bonds is 11. The molecule has 0 aromatic heterocycles. The van der Waals surface area contributed by atoms with E-state index in [1.54, 1.807) is 30.3 Å². The molecule has 0 fully saturated rings. The van der Waals surface area contributed by atoms with Gasteiger partial charge in [0.25, 0.3) is 0 Å². The molecule has 3 aromatic rings. The second-order valence-corrected chi connectivity index (χ2v) is 11.6. The summed E-state index contributed by atoms with van der Waals surface area (Å²) in [5.74, 6) is -0.815. The van der Waals surface area contributed by atoms with Crippen LogP contribution in [0, 0.1) is 13.8 Å². The molecule has 0 saturated carbocycles. The molecule has 2 amide bonds. The predicted molar refractivity (Wildman–Crippen MR) is 153 cm³/mol. The number of likely N-dealkylation sites (N-methyl/N-ethyl adjacent to an activating group) is 1. The maximum atomic E-state index is 14.0. The van der Waals surface area contributed by atoms with Crippen molar-refractivity contribution >= 4 is 39.1 Å². The standard InChI is InChI=1S/C29H34ClN3O4S/c1-5-31-29(35)27(18-23-10-7-6-8-11-23)32(19-24-12-9-13-25(30)17-24)28(34)20-33(38(4,36)37)26-15-14-21(2)22(3)16-26/h6-17,27H,5,18-20H2,1-4H3,(H,31,35)/t27-/m1/s1. The minimum atomic E-state index is -3.81. The van der Waals surface area contributed by atoms with Crippen LogP contribution in [0.25, 0.3) is 0 Å². The van der Waals surface area contributed by atoms with Crippen LogP contribution in [0.5, 0.6) is 0 Å². The summed E-state index contributed by atoms with van der Waals surface area (Å²) >= 11 is 6.21. The van der Waals surface area contributed by atoms with Crippen LogP contribution in [0.3, 0.4) is 0 Å². The quantitative estimate of drug-likeness (QED) is 0.377. The normalized spacial score (nSPS) is 12.0. The number of anilines is 1. The molecule has 0 radical (unpaired) electrons. The highest BCUT2D eigenvalue weighted by molar-refractivity contribution is 7.92. The number of carbonyl (C=O) groups is 2. The fraction of sp³-hybridized carbons (Fsp3) is 0.310. The third-order valence-corrected chi connectivity index (χ3v) is 7.70. The number of carbonyl (C=O) groups excluding carboxylic acids is 2. The predicted octanol–water partition coefficient (Wildman–Crippen LogP) is 4.50. The molecule has 3 aromatic carbocycles. The van der Waals surface area contributed by atoms with Gasteiger partial charge in [0.2, 0.25) is 21.8 Å². The summed E-state index contributed by atoms with van der Waals surface area (Å²) in [4.78, 5) is 28.7. The molecule has 0 spiro atoms. The van der Waals surface area contributed by atoms with E-state index in [4.69, 9.17) is 11.6 Å². The maximum absolute atomic E-state index is 14.0. The first-order valence-corrected chi connectivity index (χ1v) is 14.6. The van der Waals surface area contributed by atoms with Crippen molar-refractivity contribution in [2.24, 2.45) is 0 Å². The van der Waals surface area contributed by atoms with Crippen molar-refractivity contribution in [1.29, 1.82) is 0 Å². The number of amides is 2. The van der Waals surface area contributed by atoms with Crippen LogP contribution in [0.15, 0.2) is 72.8 Å². The summed E-state index contributed by atoms with van der Waals surface area (Å²) in [7, 11) is -3.81. The molecule has 0 aliphatic heterocycles. The van der Waals surface area contributed by atoms with Gasteiger partial charge in [-0.1, -0.05) is 60.1 Å². The lowest BCUT2D eigenvalue weighted by molar-refractivity contribution is -0.140. The highest BCUT2D eigenvalue weighted by Gasteiger charge is 2.33. The fourth-order valence-electron chi connectivity index (χ4n) is 4.17. The zero-order valence-electron chi connectivity index (χ0n) is 22.1. The molecule has 7 nitrogen and oxygen atoms in total.